The van der Waals surface area contributed by atoms with E-state index in [1.807, 2.05) is 32.9 Å². The Morgan fingerprint density at radius 3 is 2.46 bits per heavy atom. The molecular formula is C18H23N5O2S. The number of carbonyl (C=O) groups is 2. The predicted molar refractivity (Wildman–Crippen MR) is 101 cm³/mol. The number of rotatable bonds is 7. The molecule has 3 rings (SSSR count). The van der Waals surface area contributed by atoms with E-state index in [-0.39, 0.29) is 18.2 Å². The Labute approximate surface area is 156 Å². The summed E-state index contributed by atoms with van der Waals surface area (Å²) in [5.74, 6) is 0.768. The van der Waals surface area contributed by atoms with Gasteiger partial charge in [0.25, 0.3) is 0 Å². The van der Waals surface area contributed by atoms with Crippen LogP contribution in [0.4, 0.5) is 5.69 Å². The highest BCUT2D eigenvalue weighted by Crippen LogP contribution is 2.40. The van der Waals surface area contributed by atoms with Gasteiger partial charge in [0.15, 0.2) is 5.16 Å². The summed E-state index contributed by atoms with van der Waals surface area (Å²) in [5, 5.41) is 11.9. The number of hydrogen-bond donors (Lipinski definition) is 2. The molecule has 1 aliphatic carbocycles. The molecule has 0 radical (unpaired) electrons. The monoisotopic (exact) mass is 373 g/mol. The van der Waals surface area contributed by atoms with E-state index in [2.05, 4.69) is 15.5 Å². The summed E-state index contributed by atoms with van der Waals surface area (Å²) in [6.07, 6.45) is 2.10. The number of benzene rings is 1. The molecule has 0 aliphatic heterocycles. The van der Waals surface area contributed by atoms with Crippen LogP contribution in [0, 0.1) is 20.8 Å². The van der Waals surface area contributed by atoms with Crippen molar-refractivity contribution < 1.29 is 9.59 Å². The fourth-order valence-corrected chi connectivity index (χ4v) is 3.78. The zero-order chi connectivity index (χ0) is 18.8. The van der Waals surface area contributed by atoms with Gasteiger partial charge >= 0.3 is 0 Å². The van der Waals surface area contributed by atoms with Crippen LogP contribution in [-0.4, -0.2) is 32.3 Å². The number of nitrogens with two attached hydrogens (primary N) is 1. The van der Waals surface area contributed by atoms with Crippen LogP contribution < -0.4 is 11.1 Å². The van der Waals surface area contributed by atoms with Gasteiger partial charge in [-0.05, 0) is 44.7 Å². The van der Waals surface area contributed by atoms with Crippen LogP contribution in [0.3, 0.4) is 0 Å². The Bertz CT molecular complexity index is 834. The number of nitrogens with one attached hydrogen (secondary N) is 1. The molecule has 2 aromatic rings. The first-order valence-electron chi connectivity index (χ1n) is 8.57. The SMILES string of the molecule is Cc1cc(C)c(NC(=O)CSc2nnc(C3CC3)n2CC(N)=O)c(C)c1. The van der Waals surface area contributed by atoms with Crippen LogP contribution in [0.5, 0.6) is 0 Å². The van der Waals surface area contributed by atoms with E-state index < -0.39 is 5.91 Å². The Balaban J connectivity index is 1.67. The van der Waals surface area contributed by atoms with Crippen molar-refractivity contribution in [3.63, 3.8) is 0 Å². The van der Waals surface area contributed by atoms with E-state index in [1.165, 1.54) is 17.3 Å². The molecule has 26 heavy (non-hydrogen) atoms. The maximum absolute atomic E-state index is 12.4. The molecule has 1 heterocycles. The minimum absolute atomic E-state index is 0.0406. The van der Waals surface area contributed by atoms with Crippen LogP contribution in [0.15, 0.2) is 17.3 Å². The average Bonchev–Trinajstić information content (AvgIpc) is 3.31. The molecule has 0 spiro atoms. The fraction of sp³-hybridized carbons (Fsp3) is 0.444. The van der Waals surface area contributed by atoms with Crippen molar-refractivity contribution in [3.05, 3.63) is 34.6 Å². The van der Waals surface area contributed by atoms with Crippen molar-refractivity contribution in [2.45, 2.75) is 51.2 Å². The molecule has 0 atom stereocenters. The molecule has 1 saturated carbocycles. The summed E-state index contributed by atoms with van der Waals surface area (Å²) in [5.41, 5.74) is 9.43. The van der Waals surface area contributed by atoms with Gasteiger partial charge in [0.2, 0.25) is 11.8 Å². The molecule has 0 unspecified atom stereocenters. The van der Waals surface area contributed by atoms with E-state index in [0.717, 1.165) is 35.5 Å². The lowest BCUT2D eigenvalue weighted by Gasteiger charge is -2.13. The van der Waals surface area contributed by atoms with Crippen LogP contribution in [0.2, 0.25) is 0 Å². The van der Waals surface area contributed by atoms with Gasteiger partial charge in [0.1, 0.15) is 12.4 Å². The van der Waals surface area contributed by atoms with Gasteiger partial charge in [-0.25, -0.2) is 0 Å². The molecule has 138 valence electrons. The Morgan fingerprint density at radius 1 is 1.23 bits per heavy atom. The summed E-state index contributed by atoms with van der Waals surface area (Å²) >= 11 is 1.27. The highest BCUT2D eigenvalue weighted by molar-refractivity contribution is 7.99. The van der Waals surface area contributed by atoms with E-state index in [4.69, 9.17) is 5.73 Å². The van der Waals surface area contributed by atoms with Crippen LogP contribution in [0.25, 0.3) is 0 Å². The first kappa shape index (κ1) is 18.4. The number of aryl methyl sites for hydroxylation is 3. The Kier molecular flexibility index (Phi) is 5.31. The third kappa shape index (κ3) is 4.24. The predicted octanol–water partition coefficient (Wildman–Crippen LogP) is 2.30. The number of hydrogen-bond acceptors (Lipinski definition) is 5. The third-order valence-electron chi connectivity index (χ3n) is 4.28. The number of anilines is 1. The van der Waals surface area contributed by atoms with Crippen LogP contribution >= 0.6 is 11.8 Å². The summed E-state index contributed by atoms with van der Waals surface area (Å²) in [6, 6.07) is 4.09. The summed E-state index contributed by atoms with van der Waals surface area (Å²) in [4.78, 5) is 23.7. The zero-order valence-electron chi connectivity index (χ0n) is 15.2. The molecule has 7 nitrogen and oxygen atoms in total. The number of aromatic nitrogens is 3. The second kappa shape index (κ2) is 7.49. The van der Waals surface area contributed by atoms with Crippen molar-refractivity contribution in [2.24, 2.45) is 5.73 Å². The minimum Gasteiger partial charge on any atom is -0.368 e. The molecule has 1 aliphatic rings. The first-order valence-corrected chi connectivity index (χ1v) is 9.55. The second-order valence-electron chi connectivity index (χ2n) is 6.78. The number of nitrogens with zero attached hydrogens (tertiary/aromatic N) is 3. The molecule has 0 saturated heterocycles. The fourth-order valence-electron chi connectivity index (χ4n) is 3.04. The smallest absolute Gasteiger partial charge is 0.237 e. The van der Waals surface area contributed by atoms with Crippen molar-refractivity contribution >= 4 is 29.3 Å². The molecule has 1 aromatic heterocycles. The van der Waals surface area contributed by atoms with Gasteiger partial charge in [0.05, 0.1) is 5.75 Å². The Morgan fingerprint density at radius 2 is 1.88 bits per heavy atom. The molecule has 2 amide bonds. The number of carbonyl (C=O) groups excluding carboxylic acids is 2. The number of amides is 2. The lowest BCUT2D eigenvalue weighted by Crippen LogP contribution is -2.21. The van der Waals surface area contributed by atoms with E-state index in [0.29, 0.717) is 11.1 Å². The maximum atomic E-state index is 12.4. The molecular weight excluding hydrogens is 350 g/mol. The summed E-state index contributed by atoms with van der Waals surface area (Å²) in [6.45, 7) is 6.03. The van der Waals surface area contributed by atoms with Crippen molar-refractivity contribution in [3.8, 4) is 0 Å². The van der Waals surface area contributed by atoms with Crippen molar-refractivity contribution in [1.82, 2.24) is 14.8 Å². The second-order valence-corrected chi connectivity index (χ2v) is 7.72. The average molecular weight is 373 g/mol. The minimum atomic E-state index is -0.441. The normalized spacial score (nSPS) is 13.7. The van der Waals surface area contributed by atoms with Crippen molar-refractivity contribution in [1.29, 1.82) is 0 Å². The van der Waals surface area contributed by atoms with E-state index >= 15 is 0 Å². The number of thioether (sulfide) groups is 1. The Hall–Kier alpha value is -2.35. The highest BCUT2D eigenvalue weighted by Gasteiger charge is 2.31. The van der Waals surface area contributed by atoms with Gasteiger partial charge in [-0.2, -0.15) is 0 Å². The summed E-state index contributed by atoms with van der Waals surface area (Å²) in [7, 11) is 0. The standard InChI is InChI=1S/C18H23N5O2S/c1-10-6-11(2)16(12(3)7-10)20-15(25)9-26-18-22-21-17(13-4-5-13)23(18)8-14(19)24/h6-7,13H,4-5,8-9H2,1-3H3,(H2,19,24)(H,20,25). The maximum Gasteiger partial charge on any atom is 0.237 e. The molecule has 1 aromatic carbocycles. The van der Waals surface area contributed by atoms with Gasteiger partial charge in [-0.1, -0.05) is 29.5 Å². The highest BCUT2D eigenvalue weighted by atomic mass is 32.2. The number of primary amides is 1. The molecule has 8 heteroatoms. The summed E-state index contributed by atoms with van der Waals surface area (Å²) < 4.78 is 1.74. The van der Waals surface area contributed by atoms with Crippen molar-refractivity contribution in [2.75, 3.05) is 11.1 Å². The van der Waals surface area contributed by atoms with E-state index in [1.54, 1.807) is 4.57 Å². The molecule has 0 bridgehead atoms. The zero-order valence-corrected chi connectivity index (χ0v) is 16.0. The van der Waals surface area contributed by atoms with Crippen LogP contribution in [-0.2, 0) is 16.1 Å². The van der Waals surface area contributed by atoms with Crippen LogP contribution in [0.1, 0.15) is 41.3 Å². The van der Waals surface area contributed by atoms with Gasteiger partial charge < -0.3 is 11.1 Å². The molecule has 1 fully saturated rings. The van der Waals surface area contributed by atoms with Gasteiger partial charge in [-0.15, -0.1) is 10.2 Å². The lowest BCUT2D eigenvalue weighted by molar-refractivity contribution is -0.118. The largest absolute Gasteiger partial charge is 0.368 e. The van der Waals surface area contributed by atoms with Gasteiger partial charge in [-0.3, -0.25) is 14.2 Å². The molecule has 3 N–H and O–H groups in total. The topological polar surface area (TPSA) is 103 Å². The first-order chi connectivity index (χ1) is 12.3. The van der Waals surface area contributed by atoms with E-state index in [9.17, 15) is 9.59 Å². The quantitative estimate of drug-likeness (QED) is 0.725. The third-order valence-corrected chi connectivity index (χ3v) is 5.24. The van der Waals surface area contributed by atoms with Gasteiger partial charge in [0, 0.05) is 11.6 Å². The lowest BCUT2D eigenvalue weighted by atomic mass is 10.1.